The van der Waals surface area contributed by atoms with Gasteiger partial charge in [0.25, 0.3) is 0 Å². The van der Waals surface area contributed by atoms with Crippen LogP contribution >= 0.6 is 0 Å². The van der Waals surface area contributed by atoms with E-state index >= 15 is 0 Å². The molecule has 3 fully saturated rings. The highest BCUT2D eigenvalue weighted by Crippen LogP contribution is 2.58. The SMILES string of the molecule is CC(=O)OC1C2CC3C1OC(=O)C3C2C(=O)OCCOC(=O)C(C)(F)F. The lowest BCUT2D eigenvalue weighted by Crippen LogP contribution is -2.43. The van der Waals surface area contributed by atoms with Crippen LogP contribution in [0.4, 0.5) is 8.78 Å². The molecular weight excluding hydrogens is 358 g/mol. The van der Waals surface area contributed by atoms with Gasteiger partial charge >= 0.3 is 29.8 Å². The average Bonchev–Trinajstić information content (AvgIpc) is 3.13. The van der Waals surface area contributed by atoms with Crippen LogP contribution in [-0.4, -0.2) is 55.2 Å². The van der Waals surface area contributed by atoms with Gasteiger partial charge in [-0.3, -0.25) is 14.4 Å². The maximum Gasteiger partial charge on any atom is 0.376 e. The number of carbonyl (C=O) groups excluding carboxylic acids is 4. The predicted molar refractivity (Wildman–Crippen MR) is 76.6 cm³/mol. The summed E-state index contributed by atoms with van der Waals surface area (Å²) in [6, 6.07) is 0. The van der Waals surface area contributed by atoms with Crippen LogP contribution in [-0.2, 0) is 38.1 Å². The molecule has 2 bridgehead atoms. The molecule has 0 radical (unpaired) electrons. The van der Waals surface area contributed by atoms with E-state index in [0.717, 1.165) is 0 Å². The van der Waals surface area contributed by atoms with Crippen LogP contribution in [0.2, 0.25) is 0 Å². The number of alkyl halides is 2. The van der Waals surface area contributed by atoms with Crippen molar-refractivity contribution < 1.29 is 46.9 Å². The van der Waals surface area contributed by atoms with Crippen molar-refractivity contribution in [2.45, 2.75) is 38.4 Å². The van der Waals surface area contributed by atoms with Crippen molar-refractivity contribution in [2.75, 3.05) is 13.2 Å². The highest BCUT2D eigenvalue weighted by Gasteiger charge is 2.70. The molecule has 0 N–H and O–H groups in total. The first kappa shape index (κ1) is 18.5. The van der Waals surface area contributed by atoms with E-state index in [-0.39, 0.29) is 5.92 Å². The van der Waals surface area contributed by atoms with Gasteiger partial charge in [-0.05, 0) is 6.42 Å². The van der Waals surface area contributed by atoms with Gasteiger partial charge in [-0.15, -0.1) is 0 Å². The third kappa shape index (κ3) is 3.12. The Balaban J connectivity index is 1.58. The van der Waals surface area contributed by atoms with Crippen molar-refractivity contribution in [3.8, 4) is 0 Å². The standard InChI is InChI=1S/C16H18F2O8/c1-6(19)25-11-7-5-8-10(14(21)26-12(8)11)9(7)13(20)23-3-4-24-15(22)16(2,17)18/h7-12H,3-5H2,1-2H3. The van der Waals surface area contributed by atoms with E-state index in [2.05, 4.69) is 4.74 Å². The fourth-order valence-corrected chi connectivity index (χ4v) is 4.16. The van der Waals surface area contributed by atoms with Crippen molar-refractivity contribution in [1.82, 2.24) is 0 Å². The molecule has 26 heavy (non-hydrogen) atoms. The second-order valence-corrected chi connectivity index (χ2v) is 6.78. The highest BCUT2D eigenvalue weighted by molar-refractivity contribution is 5.86. The van der Waals surface area contributed by atoms with Crippen molar-refractivity contribution in [3.63, 3.8) is 0 Å². The molecule has 2 saturated carbocycles. The molecule has 1 aliphatic heterocycles. The molecule has 0 aromatic heterocycles. The molecule has 0 amide bonds. The van der Waals surface area contributed by atoms with Gasteiger partial charge < -0.3 is 18.9 Å². The lowest BCUT2D eigenvalue weighted by Gasteiger charge is -2.29. The second-order valence-electron chi connectivity index (χ2n) is 6.78. The third-order valence-corrected chi connectivity index (χ3v) is 5.04. The molecule has 1 heterocycles. The summed E-state index contributed by atoms with van der Waals surface area (Å²) in [6.07, 6.45) is -0.747. The fourth-order valence-electron chi connectivity index (χ4n) is 4.16. The first-order chi connectivity index (χ1) is 12.1. The van der Waals surface area contributed by atoms with E-state index in [1.54, 1.807) is 0 Å². The van der Waals surface area contributed by atoms with E-state index in [1.165, 1.54) is 6.92 Å². The molecule has 2 aliphatic carbocycles. The smallest absolute Gasteiger partial charge is 0.376 e. The summed E-state index contributed by atoms with van der Waals surface area (Å²) < 4.78 is 45.1. The van der Waals surface area contributed by atoms with E-state index < -0.39 is 73.0 Å². The van der Waals surface area contributed by atoms with Gasteiger partial charge in [-0.1, -0.05) is 0 Å². The Morgan fingerprint density at radius 2 is 1.85 bits per heavy atom. The molecule has 10 heteroatoms. The Labute approximate surface area is 147 Å². The van der Waals surface area contributed by atoms with Gasteiger partial charge in [-0.2, -0.15) is 8.78 Å². The molecule has 1 saturated heterocycles. The Bertz CT molecular complexity index is 643. The van der Waals surface area contributed by atoms with Crippen molar-refractivity contribution >= 4 is 23.9 Å². The number of carbonyl (C=O) groups is 4. The zero-order valence-electron chi connectivity index (χ0n) is 14.1. The Hall–Kier alpha value is -2.26. The lowest BCUT2D eigenvalue weighted by atomic mass is 9.78. The number of hydrogen-bond acceptors (Lipinski definition) is 8. The number of ether oxygens (including phenoxy) is 4. The lowest BCUT2D eigenvalue weighted by molar-refractivity contribution is -0.173. The van der Waals surface area contributed by atoms with Crippen LogP contribution in [0.15, 0.2) is 0 Å². The molecule has 0 spiro atoms. The van der Waals surface area contributed by atoms with Crippen LogP contribution in [0.3, 0.4) is 0 Å². The Kier molecular flexibility index (Phi) is 4.61. The van der Waals surface area contributed by atoms with Crippen LogP contribution in [0.25, 0.3) is 0 Å². The Morgan fingerprint density at radius 3 is 2.46 bits per heavy atom. The Morgan fingerprint density at radius 1 is 1.19 bits per heavy atom. The summed E-state index contributed by atoms with van der Waals surface area (Å²) >= 11 is 0. The minimum absolute atomic E-state index is 0.217. The van der Waals surface area contributed by atoms with Gasteiger partial charge in [0.05, 0.1) is 11.8 Å². The minimum atomic E-state index is -3.63. The van der Waals surface area contributed by atoms with Gasteiger partial charge in [0.2, 0.25) is 0 Å². The van der Waals surface area contributed by atoms with Crippen LogP contribution in [0.5, 0.6) is 0 Å². The van der Waals surface area contributed by atoms with Crippen molar-refractivity contribution in [2.24, 2.45) is 23.7 Å². The highest BCUT2D eigenvalue weighted by atomic mass is 19.3. The second kappa shape index (κ2) is 6.48. The monoisotopic (exact) mass is 376 g/mol. The van der Waals surface area contributed by atoms with Crippen LogP contribution in [0, 0.1) is 23.7 Å². The molecule has 8 nitrogen and oxygen atoms in total. The average molecular weight is 376 g/mol. The van der Waals surface area contributed by atoms with Gasteiger partial charge in [0.1, 0.15) is 25.4 Å². The van der Waals surface area contributed by atoms with Gasteiger partial charge in [0.15, 0.2) is 0 Å². The number of hydrogen-bond donors (Lipinski definition) is 0. The van der Waals surface area contributed by atoms with Crippen LogP contribution in [0.1, 0.15) is 20.3 Å². The zero-order valence-corrected chi connectivity index (χ0v) is 14.1. The van der Waals surface area contributed by atoms with E-state index in [1.807, 2.05) is 0 Å². The predicted octanol–water partition coefficient (Wildman–Crippen LogP) is 0.467. The summed E-state index contributed by atoms with van der Waals surface area (Å²) in [5.74, 6) is -9.26. The number of halogens is 2. The third-order valence-electron chi connectivity index (χ3n) is 5.04. The normalized spacial score (nSPS) is 34.4. The summed E-state index contributed by atoms with van der Waals surface area (Å²) in [7, 11) is 0. The minimum Gasteiger partial charge on any atom is -0.462 e. The molecule has 0 aromatic rings. The molecule has 3 aliphatic rings. The summed E-state index contributed by atoms with van der Waals surface area (Å²) in [4.78, 5) is 46.6. The first-order valence-electron chi connectivity index (χ1n) is 8.20. The molecular formula is C16H18F2O8. The van der Waals surface area contributed by atoms with E-state index in [4.69, 9.17) is 14.2 Å². The van der Waals surface area contributed by atoms with E-state index in [0.29, 0.717) is 13.3 Å². The number of rotatable bonds is 6. The number of fused-ring (bicyclic) bond motifs is 1. The topological polar surface area (TPSA) is 105 Å². The van der Waals surface area contributed by atoms with Crippen LogP contribution < -0.4 is 0 Å². The largest absolute Gasteiger partial charge is 0.462 e. The first-order valence-corrected chi connectivity index (χ1v) is 8.20. The maximum absolute atomic E-state index is 12.7. The molecule has 0 aromatic carbocycles. The summed E-state index contributed by atoms with van der Waals surface area (Å²) in [5.41, 5.74) is 0. The van der Waals surface area contributed by atoms with Gasteiger partial charge in [0, 0.05) is 25.7 Å². The molecule has 6 atom stereocenters. The molecule has 3 rings (SSSR count). The summed E-state index contributed by atoms with van der Waals surface area (Å²) in [5, 5.41) is 0. The van der Waals surface area contributed by atoms with Gasteiger partial charge in [-0.25, -0.2) is 4.79 Å². The summed E-state index contributed by atoms with van der Waals surface area (Å²) in [6.45, 7) is 0.678. The quantitative estimate of drug-likeness (QED) is 0.374. The maximum atomic E-state index is 12.7. The fraction of sp³-hybridized carbons (Fsp3) is 0.750. The number of esters is 4. The zero-order chi connectivity index (χ0) is 19.2. The van der Waals surface area contributed by atoms with Crippen molar-refractivity contribution in [3.05, 3.63) is 0 Å². The molecule has 6 unspecified atom stereocenters. The van der Waals surface area contributed by atoms with E-state index in [9.17, 15) is 28.0 Å². The van der Waals surface area contributed by atoms with Crippen molar-refractivity contribution in [1.29, 1.82) is 0 Å². The molecule has 144 valence electrons.